The molecule has 10 N–H and O–H groups in total. The van der Waals surface area contributed by atoms with Crippen LogP contribution in [-0.2, 0) is 51.6 Å². The molecule has 0 fully saturated rings. The molecule has 0 aliphatic carbocycles. The first-order valence-electron chi connectivity index (χ1n) is 24.3. The monoisotopic (exact) mass is 984 g/mol. The summed E-state index contributed by atoms with van der Waals surface area (Å²) in [6, 6.07) is 4.69. The Morgan fingerprint density at radius 3 is 2.06 bits per heavy atom. The second kappa shape index (κ2) is 26.6. The molecule has 0 saturated heterocycles. The van der Waals surface area contributed by atoms with E-state index in [4.69, 9.17) is 20.9 Å². The van der Waals surface area contributed by atoms with E-state index in [0.717, 1.165) is 48.8 Å². The van der Waals surface area contributed by atoms with Gasteiger partial charge in [-0.2, -0.15) is 0 Å². The Labute approximate surface area is 410 Å². The molecular formula is C50H81N9O9S. The molecule has 2 aromatic rings. The standard InChI is InChI=1S/C50H81N9O9S/c1-12-13-14-15-16-20-25-53-44(61)38(27-35-22-18-17-19-23-35)56-46(63)39(30-67-49(7,8)9)57-47(64)41(31(2)3)58-45(62)37(55-40(60)29-51)24-21-26-54-48(52)59-69(65,66)43-33(5)32(4)42-36(34(43)6)28-50(10,11)68-42/h17-19,22-23,31,37-39,41H,12-16,20-21,24-30,51H2,1-11H3,(H,53,61)(H,55,60)(H,56,63)(H,57,64)(H,58,62)(H3,52,54,59). The number of hydrogen-bond donors (Lipinski definition) is 8. The molecule has 3 rings (SSSR count). The van der Waals surface area contributed by atoms with E-state index in [9.17, 15) is 32.4 Å². The predicted molar refractivity (Wildman–Crippen MR) is 269 cm³/mol. The van der Waals surface area contributed by atoms with E-state index in [-0.39, 0.29) is 49.2 Å². The second-order valence-corrected chi connectivity index (χ2v) is 21.5. The molecule has 0 aromatic heterocycles. The summed E-state index contributed by atoms with van der Waals surface area (Å²) in [5.41, 5.74) is 14.0. The van der Waals surface area contributed by atoms with Crippen molar-refractivity contribution in [2.75, 3.05) is 26.2 Å². The van der Waals surface area contributed by atoms with E-state index in [1.807, 2.05) is 51.1 Å². The Balaban J connectivity index is 1.74. The van der Waals surface area contributed by atoms with Crippen LogP contribution in [0.15, 0.2) is 40.2 Å². The van der Waals surface area contributed by atoms with Gasteiger partial charge in [0.25, 0.3) is 10.0 Å². The topological polar surface area (TPSA) is 275 Å². The Morgan fingerprint density at radius 1 is 0.812 bits per heavy atom. The molecule has 18 nitrogen and oxygen atoms in total. The van der Waals surface area contributed by atoms with Crippen molar-refractivity contribution in [3.8, 4) is 5.75 Å². The molecule has 69 heavy (non-hydrogen) atoms. The Morgan fingerprint density at radius 2 is 1.43 bits per heavy atom. The maximum atomic E-state index is 14.1. The summed E-state index contributed by atoms with van der Waals surface area (Å²) in [7, 11) is -4.16. The van der Waals surface area contributed by atoms with Crippen molar-refractivity contribution in [2.45, 2.75) is 181 Å². The van der Waals surface area contributed by atoms with Crippen molar-refractivity contribution in [3.05, 3.63) is 58.1 Å². The largest absolute Gasteiger partial charge is 0.487 e. The third-order valence-corrected chi connectivity index (χ3v) is 13.5. The molecule has 1 heterocycles. The third-order valence-electron chi connectivity index (χ3n) is 11.9. The molecule has 0 spiro atoms. The lowest BCUT2D eigenvalue weighted by molar-refractivity contribution is -0.137. The fourth-order valence-corrected chi connectivity index (χ4v) is 9.55. The van der Waals surface area contributed by atoms with Crippen molar-refractivity contribution >= 4 is 45.5 Å². The number of fused-ring (bicyclic) bond motifs is 1. The van der Waals surface area contributed by atoms with Gasteiger partial charge in [0.2, 0.25) is 35.5 Å². The first-order valence-corrected chi connectivity index (χ1v) is 25.8. The Bertz CT molecular complexity index is 2210. The first-order chi connectivity index (χ1) is 32.3. The minimum Gasteiger partial charge on any atom is -0.487 e. The lowest BCUT2D eigenvalue weighted by Gasteiger charge is -2.29. The van der Waals surface area contributed by atoms with Crippen LogP contribution in [0.3, 0.4) is 0 Å². The van der Waals surface area contributed by atoms with E-state index in [1.165, 1.54) is 6.42 Å². The first kappa shape index (κ1) is 58.0. The van der Waals surface area contributed by atoms with Crippen LogP contribution in [0.25, 0.3) is 0 Å². The smallest absolute Gasteiger partial charge is 0.264 e. The number of benzene rings is 2. The van der Waals surface area contributed by atoms with Crippen molar-refractivity contribution in [3.63, 3.8) is 0 Å². The molecule has 0 bridgehead atoms. The van der Waals surface area contributed by atoms with Gasteiger partial charge in [0, 0.05) is 31.5 Å². The fraction of sp³-hybridized carbons (Fsp3) is 0.640. The second-order valence-electron chi connectivity index (χ2n) is 19.9. The normalized spacial score (nSPS) is 15.2. The number of unbranched alkanes of at least 4 members (excludes halogenated alkanes) is 5. The fourth-order valence-electron chi connectivity index (χ4n) is 8.02. The number of hydrogen-bond acceptors (Lipinski definition) is 11. The summed E-state index contributed by atoms with van der Waals surface area (Å²) < 4.78 is 41.9. The van der Waals surface area contributed by atoms with E-state index in [0.29, 0.717) is 29.8 Å². The number of carbonyl (C=O) groups excluding carboxylic acids is 5. The van der Waals surface area contributed by atoms with Crippen molar-refractivity contribution in [1.29, 1.82) is 0 Å². The molecule has 1 aliphatic rings. The molecule has 4 atom stereocenters. The highest BCUT2D eigenvalue weighted by molar-refractivity contribution is 7.90. The SMILES string of the molecule is CCCCCCCCNC(=O)C(Cc1ccccc1)NC(=O)C(COC(C)(C)C)NC(=O)C(NC(=O)C(CCCN=C(N)NS(=O)(=O)c1c(C)c(C)c2c(c1C)CC(C)(C)O2)NC(=O)CN)C(C)C. The average Bonchev–Trinajstić information content (AvgIpc) is 3.61. The highest BCUT2D eigenvalue weighted by Crippen LogP contribution is 2.43. The third kappa shape index (κ3) is 18.5. The van der Waals surface area contributed by atoms with E-state index >= 15 is 0 Å². The van der Waals surface area contributed by atoms with Crippen LogP contribution < -0.4 is 47.5 Å². The molecule has 0 radical (unpaired) electrons. The van der Waals surface area contributed by atoms with Crippen LogP contribution in [0, 0.1) is 26.7 Å². The molecule has 0 saturated carbocycles. The zero-order valence-corrected chi connectivity index (χ0v) is 43.7. The zero-order chi connectivity index (χ0) is 51.7. The summed E-state index contributed by atoms with van der Waals surface area (Å²) in [4.78, 5) is 72.5. The van der Waals surface area contributed by atoms with Gasteiger partial charge in [-0.1, -0.05) is 83.2 Å². The van der Waals surface area contributed by atoms with Crippen LogP contribution >= 0.6 is 0 Å². The molecule has 5 amide bonds. The number of aliphatic imine (C=N–C) groups is 1. The summed E-state index contributed by atoms with van der Waals surface area (Å²) in [6.45, 7) is 19.9. The van der Waals surface area contributed by atoms with Gasteiger partial charge in [-0.05, 0) is 103 Å². The molecule has 19 heteroatoms. The van der Waals surface area contributed by atoms with Crippen LogP contribution in [0.4, 0.5) is 0 Å². The van der Waals surface area contributed by atoms with Gasteiger partial charge in [0.15, 0.2) is 0 Å². The molecule has 1 aliphatic heterocycles. The van der Waals surface area contributed by atoms with Gasteiger partial charge < -0.3 is 47.5 Å². The maximum absolute atomic E-state index is 14.1. The molecule has 386 valence electrons. The molecular weight excluding hydrogens is 903 g/mol. The van der Waals surface area contributed by atoms with Gasteiger partial charge in [-0.25, -0.2) is 13.1 Å². The highest BCUT2D eigenvalue weighted by atomic mass is 32.2. The summed E-state index contributed by atoms with van der Waals surface area (Å²) in [5, 5.41) is 13.9. The predicted octanol–water partition coefficient (Wildman–Crippen LogP) is 3.79. The van der Waals surface area contributed by atoms with Gasteiger partial charge in [0.05, 0.1) is 23.6 Å². The zero-order valence-electron chi connectivity index (χ0n) is 42.9. The van der Waals surface area contributed by atoms with E-state index in [1.54, 1.807) is 48.5 Å². The lowest BCUT2D eigenvalue weighted by atomic mass is 9.94. The van der Waals surface area contributed by atoms with Gasteiger partial charge >= 0.3 is 0 Å². The number of ether oxygens (including phenoxy) is 2. The molecule has 4 unspecified atom stereocenters. The number of nitrogens with two attached hydrogens (primary N) is 2. The van der Waals surface area contributed by atoms with Crippen LogP contribution in [0.5, 0.6) is 5.75 Å². The number of sulfonamides is 1. The van der Waals surface area contributed by atoms with Crippen molar-refractivity contribution < 1.29 is 41.9 Å². The summed E-state index contributed by atoms with van der Waals surface area (Å²) in [6.07, 6.45) is 7.23. The van der Waals surface area contributed by atoms with E-state index < -0.39 is 81.5 Å². The summed E-state index contributed by atoms with van der Waals surface area (Å²) >= 11 is 0. The van der Waals surface area contributed by atoms with Gasteiger partial charge in [-0.15, -0.1) is 0 Å². The number of amides is 5. The number of guanidine groups is 1. The molecule has 2 aromatic carbocycles. The Kier molecular flexibility index (Phi) is 22.4. The number of nitrogens with zero attached hydrogens (tertiary/aromatic N) is 1. The van der Waals surface area contributed by atoms with E-state index in [2.05, 4.69) is 43.2 Å². The van der Waals surface area contributed by atoms with Crippen LogP contribution in [0.2, 0.25) is 0 Å². The van der Waals surface area contributed by atoms with Crippen molar-refractivity contribution in [1.82, 2.24) is 31.3 Å². The average molecular weight is 984 g/mol. The highest BCUT2D eigenvalue weighted by Gasteiger charge is 2.37. The van der Waals surface area contributed by atoms with Crippen LogP contribution in [-0.4, -0.2) is 106 Å². The maximum Gasteiger partial charge on any atom is 0.264 e. The number of carbonyl (C=O) groups is 5. The minimum absolute atomic E-state index is 0.0136. The van der Waals surface area contributed by atoms with Crippen LogP contribution in [0.1, 0.15) is 135 Å². The lowest BCUT2D eigenvalue weighted by Crippen LogP contribution is -2.61. The Hall–Kier alpha value is -5.27. The number of rotatable bonds is 27. The quantitative estimate of drug-likeness (QED) is 0.0363. The van der Waals surface area contributed by atoms with Crippen molar-refractivity contribution in [2.24, 2.45) is 22.4 Å². The van der Waals surface area contributed by atoms with Gasteiger partial charge in [0.1, 0.15) is 35.5 Å². The minimum atomic E-state index is -4.16. The number of nitrogens with one attached hydrogen (secondary N) is 6. The van der Waals surface area contributed by atoms with Gasteiger partial charge in [-0.3, -0.25) is 29.0 Å². The summed E-state index contributed by atoms with van der Waals surface area (Å²) in [5.74, 6) is -3.20.